The molecule has 0 radical (unpaired) electrons. The van der Waals surface area contributed by atoms with E-state index in [-0.39, 0.29) is 18.6 Å². The number of hydrogen-bond donors (Lipinski definition) is 2. The van der Waals surface area contributed by atoms with Crippen LogP contribution in [0.3, 0.4) is 0 Å². The van der Waals surface area contributed by atoms with E-state index in [1.165, 1.54) is 11.1 Å². The van der Waals surface area contributed by atoms with E-state index in [1.54, 1.807) is 12.3 Å². The highest BCUT2D eigenvalue weighted by Crippen LogP contribution is 2.33. The maximum absolute atomic E-state index is 10.7. The number of ether oxygens (including phenoxy) is 2. The van der Waals surface area contributed by atoms with Gasteiger partial charge in [0.1, 0.15) is 23.9 Å². The Morgan fingerprint density at radius 2 is 1.63 bits per heavy atom. The number of rotatable bonds is 13. The van der Waals surface area contributed by atoms with Crippen molar-refractivity contribution in [3.63, 3.8) is 0 Å². The number of hydrogen-bond acceptors (Lipinski definition) is 8. The van der Waals surface area contributed by atoms with E-state index in [1.807, 2.05) is 12.1 Å². The Morgan fingerprint density at radius 1 is 1.00 bits per heavy atom. The normalized spacial score (nSPS) is 15.2. The fourth-order valence-corrected chi connectivity index (χ4v) is 4.65. The summed E-state index contributed by atoms with van der Waals surface area (Å²) >= 11 is -2.35. The van der Waals surface area contributed by atoms with Gasteiger partial charge in [-0.25, -0.2) is 14.7 Å². The summed E-state index contributed by atoms with van der Waals surface area (Å²) in [7, 11) is 0. The minimum absolute atomic E-state index is 0.0394. The van der Waals surface area contributed by atoms with Gasteiger partial charge >= 0.3 is 0 Å². The van der Waals surface area contributed by atoms with Crippen molar-refractivity contribution in [3.8, 4) is 11.5 Å². The monoisotopic (exact) mass is 538 g/mol. The van der Waals surface area contributed by atoms with Gasteiger partial charge in [0.15, 0.2) is 0 Å². The zero-order chi connectivity index (χ0) is 26.8. The summed E-state index contributed by atoms with van der Waals surface area (Å²) < 4.78 is 35.5. The second kappa shape index (κ2) is 13.8. The Bertz CT molecular complexity index is 1170. The molecule has 1 saturated heterocycles. The molecule has 0 bridgehead atoms. The van der Waals surface area contributed by atoms with E-state index in [9.17, 15) is 8.76 Å². The Morgan fingerprint density at radius 3 is 2.26 bits per heavy atom. The molecule has 0 spiro atoms. The van der Waals surface area contributed by atoms with Crippen LogP contribution in [0.15, 0.2) is 60.8 Å². The first-order valence-corrected chi connectivity index (χ1v) is 14.0. The summed E-state index contributed by atoms with van der Waals surface area (Å²) in [6.45, 7) is 10.9. The first kappa shape index (κ1) is 28.1. The van der Waals surface area contributed by atoms with Gasteiger partial charge in [-0.3, -0.25) is 4.21 Å². The summed E-state index contributed by atoms with van der Waals surface area (Å²) in [5, 5.41) is 3.38. The molecule has 9 nitrogen and oxygen atoms in total. The zero-order valence-electron chi connectivity index (χ0n) is 22.0. The van der Waals surface area contributed by atoms with Gasteiger partial charge in [0.2, 0.25) is 0 Å². The highest BCUT2D eigenvalue weighted by Gasteiger charge is 2.23. The molecule has 38 heavy (non-hydrogen) atoms. The van der Waals surface area contributed by atoms with Crippen LogP contribution in [0.25, 0.3) is 0 Å². The lowest BCUT2D eigenvalue weighted by Gasteiger charge is -2.27. The van der Waals surface area contributed by atoms with Gasteiger partial charge in [0, 0.05) is 55.6 Å². The molecule has 1 aliphatic rings. The third-order valence-corrected chi connectivity index (χ3v) is 7.13. The van der Waals surface area contributed by atoms with Crippen LogP contribution >= 0.6 is 0 Å². The van der Waals surface area contributed by atoms with Gasteiger partial charge in [-0.2, -0.15) is 0 Å². The molecule has 3 aromatic rings. The standard InChI is InChI=1S/C28H37N5O4S/c1-28(2,22-4-8-25(9-5-22)36-19-3-16-33-17-14-29-15-18-33)23-6-10-26(11-7-23)37-21-24-12-13-30-27(32-24)20-31-38(34)35/h4-13,29,31H,3,14-21H2,1-2H3,(H,34,35)/p-1. The summed E-state index contributed by atoms with van der Waals surface area (Å²) in [5.74, 6) is 2.02. The van der Waals surface area contributed by atoms with Crippen molar-refractivity contribution in [2.75, 3.05) is 39.3 Å². The molecule has 1 fully saturated rings. The zero-order valence-corrected chi connectivity index (χ0v) is 22.8. The van der Waals surface area contributed by atoms with E-state index in [0.717, 1.165) is 57.3 Å². The van der Waals surface area contributed by atoms with E-state index < -0.39 is 11.3 Å². The average Bonchev–Trinajstić information content (AvgIpc) is 2.94. The molecule has 1 unspecified atom stereocenters. The summed E-state index contributed by atoms with van der Waals surface area (Å²) in [4.78, 5) is 10.9. The SMILES string of the molecule is CC(C)(c1ccc(OCCCN2CCNCC2)cc1)c1ccc(OCc2ccnc(CNS(=O)[O-])n2)cc1. The number of piperazine rings is 1. The third-order valence-electron chi connectivity index (χ3n) is 6.75. The Labute approximate surface area is 227 Å². The molecule has 4 rings (SSSR count). The molecule has 0 aliphatic carbocycles. The Balaban J connectivity index is 1.27. The molecule has 10 heteroatoms. The van der Waals surface area contributed by atoms with Gasteiger partial charge in [0.25, 0.3) is 0 Å². The van der Waals surface area contributed by atoms with Gasteiger partial charge < -0.3 is 24.2 Å². The van der Waals surface area contributed by atoms with Gasteiger partial charge in [-0.05, 0) is 47.9 Å². The number of nitrogens with one attached hydrogen (secondary N) is 2. The quantitative estimate of drug-likeness (QED) is 0.252. The topological polar surface area (TPSA) is 112 Å². The van der Waals surface area contributed by atoms with Crippen molar-refractivity contribution in [2.24, 2.45) is 0 Å². The van der Waals surface area contributed by atoms with Gasteiger partial charge in [-0.15, -0.1) is 0 Å². The van der Waals surface area contributed by atoms with E-state index in [4.69, 9.17) is 9.47 Å². The molecule has 0 amide bonds. The fraction of sp³-hybridized carbons (Fsp3) is 0.429. The van der Waals surface area contributed by atoms with Crippen LogP contribution in [0.1, 0.15) is 42.9 Å². The summed E-state index contributed by atoms with van der Waals surface area (Å²) in [6, 6.07) is 18.2. The van der Waals surface area contributed by atoms with Crippen molar-refractivity contribution in [1.29, 1.82) is 0 Å². The molecule has 2 N–H and O–H groups in total. The molecule has 2 aromatic carbocycles. The highest BCUT2D eigenvalue weighted by molar-refractivity contribution is 7.77. The van der Waals surface area contributed by atoms with Crippen molar-refractivity contribution in [3.05, 3.63) is 83.4 Å². The van der Waals surface area contributed by atoms with E-state index in [0.29, 0.717) is 11.5 Å². The lowest BCUT2D eigenvalue weighted by Crippen LogP contribution is -2.43. The van der Waals surface area contributed by atoms with E-state index >= 15 is 0 Å². The molecule has 0 saturated carbocycles. The first-order chi connectivity index (χ1) is 18.4. The molecule has 2 heterocycles. The van der Waals surface area contributed by atoms with Crippen LogP contribution in [0, 0.1) is 0 Å². The van der Waals surface area contributed by atoms with Crippen LogP contribution in [-0.4, -0.2) is 63.0 Å². The lowest BCUT2D eigenvalue weighted by atomic mass is 9.78. The predicted octanol–water partition coefficient (Wildman–Crippen LogP) is 2.94. The second-order valence-corrected chi connectivity index (χ2v) is 10.5. The highest BCUT2D eigenvalue weighted by atomic mass is 32.2. The van der Waals surface area contributed by atoms with Crippen molar-refractivity contribution in [1.82, 2.24) is 24.9 Å². The van der Waals surface area contributed by atoms with Gasteiger partial charge in [0.05, 0.1) is 18.8 Å². The first-order valence-electron chi connectivity index (χ1n) is 12.9. The van der Waals surface area contributed by atoms with Crippen LogP contribution in [0.2, 0.25) is 0 Å². The molecule has 1 aliphatic heterocycles. The number of aromatic nitrogens is 2. The maximum atomic E-state index is 10.7. The van der Waals surface area contributed by atoms with Crippen LogP contribution in [-0.2, 0) is 29.8 Å². The minimum Gasteiger partial charge on any atom is -0.760 e. The molecule has 1 aromatic heterocycles. The maximum Gasteiger partial charge on any atom is 0.143 e. The van der Waals surface area contributed by atoms with Crippen molar-refractivity contribution < 1.29 is 18.2 Å². The summed E-state index contributed by atoms with van der Waals surface area (Å²) in [6.07, 6.45) is 2.62. The van der Waals surface area contributed by atoms with Gasteiger partial charge in [-0.1, -0.05) is 38.1 Å². The predicted molar refractivity (Wildman–Crippen MR) is 147 cm³/mol. The van der Waals surface area contributed by atoms with Crippen LogP contribution in [0.5, 0.6) is 11.5 Å². The largest absolute Gasteiger partial charge is 0.760 e. The van der Waals surface area contributed by atoms with Crippen molar-refractivity contribution >= 4 is 11.3 Å². The van der Waals surface area contributed by atoms with Crippen LogP contribution < -0.4 is 19.5 Å². The molecular weight excluding hydrogens is 502 g/mol. The molecule has 204 valence electrons. The number of benzene rings is 2. The van der Waals surface area contributed by atoms with Crippen molar-refractivity contribution in [2.45, 2.75) is 38.8 Å². The second-order valence-electron chi connectivity index (χ2n) is 9.78. The fourth-order valence-electron chi connectivity index (χ4n) is 4.40. The third kappa shape index (κ3) is 8.31. The Hall–Kier alpha value is -2.89. The average molecular weight is 539 g/mol. The van der Waals surface area contributed by atoms with Crippen LogP contribution in [0.4, 0.5) is 0 Å². The number of nitrogens with zero attached hydrogens (tertiary/aromatic N) is 3. The molecular formula is C28H36N5O4S-. The molecule has 1 atom stereocenters. The van der Waals surface area contributed by atoms with E-state index in [2.05, 4.69) is 75.2 Å². The minimum atomic E-state index is -2.35. The smallest absolute Gasteiger partial charge is 0.143 e. The summed E-state index contributed by atoms with van der Waals surface area (Å²) in [5.41, 5.74) is 2.87. The Kier molecular flexibility index (Phi) is 10.2. The lowest BCUT2D eigenvalue weighted by molar-refractivity contribution is 0.214.